The minimum atomic E-state index is -0.959. The second kappa shape index (κ2) is 26.9. The minimum Gasteiger partial charge on any atom is -0.347 e. The number of Topliss-reactive ketones (excluding diaryl/α,β-unsaturated/α-hetero) is 4. The third-order valence-corrected chi connectivity index (χ3v) is 11.8. The zero-order valence-electron chi connectivity index (χ0n) is 39.3. The number of imide groups is 2. The van der Waals surface area contributed by atoms with Gasteiger partial charge in [-0.2, -0.15) is 12.6 Å². The first-order chi connectivity index (χ1) is 31.2. The fraction of sp³-hybridized carbons (Fsp3) is 0.636. The molecule has 370 valence electrons. The van der Waals surface area contributed by atoms with Crippen molar-refractivity contribution in [2.45, 2.75) is 142 Å². The monoisotopic (exact) mass is 960 g/mol. The zero-order valence-corrected chi connectivity index (χ0v) is 40.2. The molecule has 4 N–H and O–H groups in total. The Balaban J connectivity index is 1.65. The van der Waals surface area contributed by atoms with Crippen molar-refractivity contribution in [1.29, 1.82) is 0 Å². The number of nitrogens with one attached hydrogen (secondary N) is 4. The van der Waals surface area contributed by atoms with Gasteiger partial charge in [-0.25, -0.2) is 0 Å². The Labute approximate surface area is 394 Å². The molecule has 23 heteroatoms. The summed E-state index contributed by atoms with van der Waals surface area (Å²) in [4.78, 5) is 176. The maximum absolute atomic E-state index is 12.8. The molecule has 0 aromatic heterocycles. The van der Waals surface area contributed by atoms with Crippen LogP contribution in [0.4, 0.5) is 0 Å². The van der Waals surface area contributed by atoms with Crippen LogP contribution < -0.4 is 21.3 Å². The third-order valence-electron chi connectivity index (χ3n) is 11.4. The van der Waals surface area contributed by atoms with Gasteiger partial charge in [0.2, 0.25) is 47.3 Å². The molecule has 2 heterocycles. The molecular weight excluding hydrogens is 897 g/mol. The molecule has 0 aliphatic carbocycles. The van der Waals surface area contributed by atoms with Gasteiger partial charge in [0.05, 0.1) is 29.4 Å². The summed E-state index contributed by atoms with van der Waals surface area (Å²) >= 11 is 4.03. The van der Waals surface area contributed by atoms with Crippen molar-refractivity contribution in [3.8, 4) is 0 Å². The van der Waals surface area contributed by atoms with E-state index in [1.54, 1.807) is 0 Å². The van der Waals surface area contributed by atoms with Crippen LogP contribution in [0.1, 0.15) is 112 Å². The van der Waals surface area contributed by atoms with E-state index in [1.165, 1.54) is 55.6 Å². The predicted molar refractivity (Wildman–Crippen MR) is 240 cm³/mol. The lowest BCUT2D eigenvalue weighted by Gasteiger charge is -2.28. The molecule has 22 nitrogen and oxygen atoms in total. The largest absolute Gasteiger partial charge is 0.347 e. The first-order valence-electron chi connectivity index (χ1n) is 22.1. The molecule has 67 heavy (non-hydrogen) atoms. The minimum absolute atomic E-state index is 0.0479. The first kappa shape index (κ1) is 57.0. The summed E-state index contributed by atoms with van der Waals surface area (Å²) in [5.41, 5.74) is 0. The molecule has 0 aromatic carbocycles. The number of likely N-dealkylation sites (tertiary alicyclic amines) is 1. The quantitative estimate of drug-likeness (QED) is 0.0367. The van der Waals surface area contributed by atoms with Crippen LogP contribution in [0, 0.1) is 11.8 Å². The number of carbonyl (C=O) groups excluding carboxylic acids is 14. The number of amides is 10. The van der Waals surface area contributed by atoms with E-state index in [2.05, 4.69) is 33.9 Å². The molecule has 10 amide bonds. The number of carbonyl (C=O) groups is 14. The standard InChI is InChI=1S/C44H64N8O14S/c1-24(21-32(55)28(5)45-35(57)17-19-51-39(61)15-16-40(51)62)42(64)47-26(3)30(53)11-9-13-37(59)49(7)50(8)38(60)14-10-12-31(54)27(4)48-43(65)25(2)22-33(56)29(6)46-36(58)18-20-52-41(63)23-34(67)44(52)66/h15-16,24-29,34,67H,9-14,17-23H2,1-8H3,(H,45,57)(H,46,58)(H,47,64)(H,48,65). The summed E-state index contributed by atoms with van der Waals surface area (Å²) in [6, 6.07) is -3.79. The number of hydrazine groups is 1. The van der Waals surface area contributed by atoms with Gasteiger partial charge in [-0.05, 0) is 40.5 Å². The Hall–Kier alpha value is -6.13. The molecule has 0 radical (unpaired) electrons. The van der Waals surface area contributed by atoms with Crippen LogP contribution in [0.25, 0.3) is 0 Å². The van der Waals surface area contributed by atoms with Crippen LogP contribution in [-0.4, -0.2) is 159 Å². The van der Waals surface area contributed by atoms with Crippen LogP contribution in [0.5, 0.6) is 0 Å². The molecule has 1 saturated heterocycles. The van der Waals surface area contributed by atoms with Gasteiger partial charge in [0, 0.05) is 109 Å². The maximum Gasteiger partial charge on any atom is 0.253 e. The molecular formula is C44H64N8O14S. The molecule has 0 bridgehead atoms. The van der Waals surface area contributed by atoms with Crippen LogP contribution in [-0.2, 0) is 67.1 Å². The van der Waals surface area contributed by atoms with Gasteiger partial charge in [0.15, 0.2) is 23.1 Å². The van der Waals surface area contributed by atoms with E-state index >= 15 is 0 Å². The Kier molecular flexibility index (Phi) is 22.9. The molecule has 0 spiro atoms. The summed E-state index contributed by atoms with van der Waals surface area (Å²) in [5.74, 6) is -8.52. The summed E-state index contributed by atoms with van der Waals surface area (Å²) in [7, 11) is 2.75. The molecule has 7 atom stereocenters. The SMILES string of the molecule is CC(CC(=O)C(C)NC(=O)CCN1C(=O)C=CC1=O)C(=O)NC(C)C(=O)CCCC(=O)N(C)N(C)C(=O)CCCC(=O)C(C)NC(=O)C(C)CC(=O)C(C)NC(=O)CCN1C(=O)CC(S)C1=O. The topological polar surface area (TPSA) is 300 Å². The van der Waals surface area contributed by atoms with E-state index in [1.807, 2.05) is 0 Å². The Morgan fingerprint density at radius 3 is 1.27 bits per heavy atom. The van der Waals surface area contributed by atoms with Crippen molar-refractivity contribution in [2.24, 2.45) is 11.8 Å². The number of hydrogen-bond acceptors (Lipinski definition) is 15. The molecule has 7 unspecified atom stereocenters. The van der Waals surface area contributed by atoms with Crippen molar-refractivity contribution in [3.63, 3.8) is 0 Å². The van der Waals surface area contributed by atoms with Gasteiger partial charge in [-0.3, -0.25) is 86.9 Å². The second-order valence-corrected chi connectivity index (χ2v) is 17.5. The highest BCUT2D eigenvalue weighted by Gasteiger charge is 2.36. The van der Waals surface area contributed by atoms with Crippen LogP contribution in [0.3, 0.4) is 0 Å². The predicted octanol–water partition coefficient (Wildman–Crippen LogP) is -0.731. The van der Waals surface area contributed by atoms with Gasteiger partial charge >= 0.3 is 0 Å². The van der Waals surface area contributed by atoms with Gasteiger partial charge in [-0.1, -0.05) is 13.8 Å². The fourth-order valence-corrected chi connectivity index (χ4v) is 7.00. The summed E-state index contributed by atoms with van der Waals surface area (Å²) in [5, 5.41) is 11.5. The van der Waals surface area contributed by atoms with Gasteiger partial charge in [0.1, 0.15) is 0 Å². The summed E-state index contributed by atoms with van der Waals surface area (Å²) in [6.45, 7) is 8.49. The van der Waals surface area contributed by atoms with E-state index in [-0.39, 0.29) is 95.3 Å². The lowest BCUT2D eigenvalue weighted by atomic mass is 9.99. The Morgan fingerprint density at radius 2 is 0.910 bits per heavy atom. The molecule has 2 aliphatic heterocycles. The third kappa shape index (κ3) is 18.2. The molecule has 1 fully saturated rings. The summed E-state index contributed by atoms with van der Waals surface area (Å²) in [6.07, 6.45) is 1.10. The number of rotatable bonds is 28. The van der Waals surface area contributed by atoms with Crippen molar-refractivity contribution >= 4 is 94.8 Å². The molecule has 2 aliphatic rings. The van der Waals surface area contributed by atoms with Crippen molar-refractivity contribution < 1.29 is 67.1 Å². The molecule has 0 saturated carbocycles. The van der Waals surface area contributed by atoms with Crippen molar-refractivity contribution in [1.82, 2.24) is 41.1 Å². The lowest BCUT2D eigenvalue weighted by Crippen LogP contribution is -2.45. The van der Waals surface area contributed by atoms with E-state index in [9.17, 15) is 67.1 Å². The van der Waals surface area contributed by atoms with Gasteiger partial charge in [0.25, 0.3) is 11.8 Å². The van der Waals surface area contributed by atoms with Gasteiger partial charge in [-0.15, -0.1) is 0 Å². The Morgan fingerprint density at radius 1 is 0.552 bits per heavy atom. The van der Waals surface area contributed by atoms with E-state index in [0.717, 1.165) is 32.0 Å². The van der Waals surface area contributed by atoms with Crippen LogP contribution in [0.2, 0.25) is 0 Å². The van der Waals surface area contributed by atoms with E-state index in [0.29, 0.717) is 0 Å². The number of hydrogen-bond donors (Lipinski definition) is 5. The maximum atomic E-state index is 12.8. The fourth-order valence-electron chi connectivity index (χ4n) is 6.70. The smallest absolute Gasteiger partial charge is 0.253 e. The lowest BCUT2D eigenvalue weighted by molar-refractivity contribution is -0.158. The number of nitrogens with zero attached hydrogens (tertiary/aromatic N) is 4. The highest BCUT2D eigenvalue weighted by molar-refractivity contribution is 7.81. The van der Waals surface area contributed by atoms with Crippen LogP contribution >= 0.6 is 12.6 Å². The average Bonchev–Trinajstić information content (AvgIpc) is 3.72. The van der Waals surface area contributed by atoms with E-state index < -0.39 is 112 Å². The highest BCUT2D eigenvalue weighted by Crippen LogP contribution is 2.18. The zero-order chi connectivity index (χ0) is 50.9. The van der Waals surface area contributed by atoms with Gasteiger partial charge < -0.3 is 21.3 Å². The second-order valence-electron chi connectivity index (χ2n) is 16.9. The number of ketones is 4. The molecule has 2 rings (SSSR count). The van der Waals surface area contributed by atoms with E-state index in [4.69, 9.17) is 0 Å². The normalized spacial score (nSPS) is 17.2. The van der Waals surface area contributed by atoms with Crippen LogP contribution in [0.15, 0.2) is 12.2 Å². The highest BCUT2D eigenvalue weighted by atomic mass is 32.1. The first-order valence-corrected chi connectivity index (χ1v) is 22.7. The van der Waals surface area contributed by atoms with Crippen molar-refractivity contribution in [2.75, 3.05) is 27.2 Å². The number of thiol groups is 1. The Bertz CT molecular complexity index is 1990. The van der Waals surface area contributed by atoms with Crippen molar-refractivity contribution in [3.05, 3.63) is 12.2 Å². The molecule has 0 aromatic rings. The average molecular weight is 961 g/mol. The summed E-state index contributed by atoms with van der Waals surface area (Å²) < 4.78 is 0.